The highest BCUT2D eigenvalue weighted by atomic mass is 32.2. The van der Waals surface area contributed by atoms with Crippen molar-refractivity contribution in [3.05, 3.63) is 41.0 Å². The number of Topliss-reactive ketones (excluding diaryl/α,β-unsaturated/α-hetero) is 1. The Bertz CT molecular complexity index is 875. The number of aromatic nitrogens is 3. The Labute approximate surface area is 129 Å². The van der Waals surface area contributed by atoms with Crippen molar-refractivity contribution in [2.45, 2.75) is 5.16 Å². The van der Waals surface area contributed by atoms with Gasteiger partial charge < -0.3 is 5.11 Å². The van der Waals surface area contributed by atoms with E-state index >= 15 is 0 Å². The molecular weight excluding hydrogens is 302 g/mol. The van der Waals surface area contributed by atoms with E-state index in [1.165, 1.54) is 11.8 Å². The van der Waals surface area contributed by atoms with Crippen molar-refractivity contribution in [3.63, 3.8) is 0 Å². The van der Waals surface area contributed by atoms with Crippen molar-refractivity contribution >= 4 is 35.0 Å². The second kappa shape index (κ2) is 5.46. The second-order valence-corrected chi connectivity index (χ2v) is 5.09. The number of thioether (sulfide) groups is 1. The topological polar surface area (TPSA) is 115 Å². The van der Waals surface area contributed by atoms with Gasteiger partial charge in [-0.25, -0.2) is 5.10 Å². The van der Waals surface area contributed by atoms with Crippen LogP contribution in [0.1, 0.15) is 15.9 Å². The highest BCUT2D eigenvalue weighted by Crippen LogP contribution is 2.32. The van der Waals surface area contributed by atoms with Crippen molar-refractivity contribution in [3.8, 4) is 6.07 Å². The number of carbonyl (C=O) groups excluding carboxylic acids is 1. The number of aromatic amines is 1. The first-order valence-electron chi connectivity index (χ1n) is 6.18. The first-order chi connectivity index (χ1) is 10.7. The van der Waals surface area contributed by atoms with Gasteiger partial charge in [0.15, 0.2) is 11.5 Å². The third kappa shape index (κ3) is 2.17. The van der Waals surface area contributed by atoms with E-state index in [9.17, 15) is 15.2 Å². The Kier molecular flexibility index (Phi) is 3.48. The average molecular weight is 311 g/mol. The Balaban J connectivity index is 2.07. The molecule has 8 heteroatoms. The monoisotopic (exact) mass is 311 g/mol. The zero-order valence-corrected chi connectivity index (χ0v) is 12.2. The molecule has 1 aliphatic carbocycles. The number of hydrogen-bond acceptors (Lipinski definition) is 7. The SMILES string of the molecule is CSc1n[nH]c(N=C(C#N)C2=C(O)c3ccccc3C2=O)n1. The Morgan fingerprint density at radius 3 is 2.73 bits per heavy atom. The van der Waals surface area contributed by atoms with Gasteiger partial charge in [-0.2, -0.15) is 15.2 Å². The van der Waals surface area contributed by atoms with Gasteiger partial charge in [-0.15, -0.1) is 5.10 Å². The number of nitrogens with one attached hydrogen (secondary N) is 1. The smallest absolute Gasteiger partial charge is 0.247 e. The molecule has 108 valence electrons. The fourth-order valence-corrected chi connectivity index (χ4v) is 2.42. The van der Waals surface area contributed by atoms with Gasteiger partial charge in [0, 0.05) is 11.1 Å². The number of nitriles is 1. The lowest BCUT2D eigenvalue weighted by molar-refractivity contribution is 0.104. The summed E-state index contributed by atoms with van der Waals surface area (Å²) >= 11 is 1.31. The van der Waals surface area contributed by atoms with Crippen LogP contribution in [0.25, 0.3) is 5.76 Å². The summed E-state index contributed by atoms with van der Waals surface area (Å²) in [6.07, 6.45) is 1.80. The molecule has 2 aromatic rings. The molecule has 1 aliphatic rings. The first-order valence-corrected chi connectivity index (χ1v) is 7.41. The van der Waals surface area contributed by atoms with Crippen molar-refractivity contribution < 1.29 is 9.90 Å². The number of allylic oxidation sites excluding steroid dienone is 1. The molecule has 7 nitrogen and oxygen atoms in total. The normalized spacial score (nSPS) is 14.2. The van der Waals surface area contributed by atoms with Crippen molar-refractivity contribution in [2.24, 2.45) is 4.99 Å². The molecule has 0 spiro atoms. The summed E-state index contributed by atoms with van der Waals surface area (Å²) in [6.45, 7) is 0. The zero-order valence-electron chi connectivity index (χ0n) is 11.4. The van der Waals surface area contributed by atoms with Crippen molar-refractivity contribution in [1.82, 2.24) is 15.2 Å². The van der Waals surface area contributed by atoms with Gasteiger partial charge in [0.05, 0.1) is 0 Å². The van der Waals surface area contributed by atoms with Gasteiger partial charge in [0.1, 0.15) is 17.4 Å². The van der Waals surface area contributed by atoms with Gasteiger partial charge in [-0.05, 0) is 6.26 Å². The number of ketones is 1. The van der Waals surface area contributed by atoms with Crippen molar-refractivity contribution in [1.29, 1.82) is 5.26 Å². The van der Waals surface area contributed by atoms with Crippen LogP contribution in [-0.2, 0) is 0 Å². The molecule has 0 saturated heterocycles. The Morgan fingerprint density at radius 2 is 2.14 bits per heavy atom. The fraction of sp³-hybridized carbons (Fsp3) is 0.0714. The lowest BCUT2D eigenvalue weighted by Crippen LogP contribution is -2.09. The molecule has 1 heterocycles. The summed E-state index contributed by atoms with van der Waals surface area (Å²) in [6, 6.07) is 8.44. The number of carbonyl (C=O) groups is 1. The van der Waals surface area contributed by atoms with Crippen LogP contribution in [-0.4, -0.2) is 38.0 Å². The molecule has 0 amide bonds. The predicted octanol–water partition coefficient (Wildman–Crippen LogP) is 2.29. The van der Waals surface area contributed by atoms with Gasteiger partial charge in [-0.3, -0.25) is 4.79 Å². The zero-order chi connectivity index (χ0) is 15.7. The number of nitrogens with zero attached hydrogens (tertiary/aromatic N) is 4. The summed E-state index contributed by atoms with van der Waals surface area (Å²) in [5.74, 6) is -0.575. The van der Waals surface area contributed by atoms with Gasteiger partial charge >= 0.3 is 0 Å². The molecular formula is C14H9N5O2S. The number of benzene rings is 1. The molecule has 0 bridgehead atoms. The van der Waals surface area contributed by atoms with Crippen LogP contribution >= 0.6 is 11.8 Å². The van der Waals surface area contributed by atoms with E-state index in [-0.39, 0.29) is 23.0 Å². The standard InChI is InChI=1S/C14H9N5O2S/c1-22-14-17-13(18-19-14)16-9(6-15)10-11(20)7-4-2-3-5-8(7)12(10)21/h2-5,20H,1H3,(H,17,18,19). The van der Waals surface area contributed by atoms with E-state index in [4.69, 9.17) is 0 Å². The van der Waals surface area contributed by atoms with Gasteiger partial charge in [0.25, 0.3) is 0 Å². The van der Waals surface area contributed by atoms with E-state index in [0.29, 0.717) is 16.3 Å². The van der Waals surface area contributed by atoms with Crippen LogP contribution < -0.4 is 0 Å². The Hall–Kier alpha value is -2.92. The average Bonchev–Trinajstić information content (AvgIpc) is 3.10. The highest BCUT2D eigenvalue weighted by molar-refractivity contribution is 7.98. The minimum Gasteiger partial charge on any atom is -0.506 e. The number of aliphatic hydroxyl groups is 1. The molecule has 22 heavy (non-hydrogen) atoms. The maximum Gasteiger partial charge on any atom is 0.247 e. The molecule has 0 fully saturated rings. The van der Waals surface area contributed by atoms with Crippen molar-refractivity contribution in [2.75, 3.05) is 6.26 Å². The minimum absolute atomic E-state index is 0.102. The lowest BCUT2D eigenvalue weighted by Gasteiger charge is -1.97. The third-order valence-electron chi connectivity index (χ3n) is 3.09. The van der Waals surface area contributed by atoms with E-state index < -0.39 is 5.78 Å². The molecule has 1 aromatic carbocycles. The fourth-order valence-electron chi connectivity index (χ4n) is 2.11. The molecule has 0 radical (unpaired) electrons. The van der Waals surface area contributed by atoms with E-state index in [0.717, 1.165) is 0 Å². The second-order valence-electron chi connectivity index (χ2n) is 4.32. The number of aliphatic hydroxyl groups excluding tert-OH is 1. The number of fused-ring (bicyclic) bond motifs is 1. The van der Waals surface area contributed by atoms with E-state index in [2.05, 4.69) is 20.2 Å². The van der Waals surface area contributed by atoms with Gasteiger partial charge in [-0.1, -0.05) is 36.0 Å². The molecule has 0 aliphatic heterocycles. The number of aliphatic imine (C=N–C) groups is 1. The van der Waals surface area contributed by atoms with Crippen LogP contribution in [0.2, 0.25) is 0 Å². The summed E-state index contributed by atoms with van der Waals surface area (Å²) in [5.41, 5.74) is 0.418. The van der Waals surface area contributed by atoms with Crippen LogP contribution in [0, 0.1) is 11.3 Å². The molecule has 0 saturated carbocycles. The van der Waals surface area contributed by atoms with Crippen LogP contribution in [0.5, 0.6) is 0 Å². The summed E-state index contributed by atoms with van der Waals surface area (Å²) in [5, 5.41) is 26.4. The summed E-state index contributed by atoms with van der Waals surface area (Å²) in [4.78, 5) is 20.4. The molecule has 1 aromatic heterocycles. The third-order valence-corrected chi connectivity index (χ3v) is 3.63. The lowest BCUT2D eigenvalue weighted by atomic mass is 10.1. The first kappa shape index (κ1) is 14.0. The molecule has 2 N–H and O–H groups in total. The van der Waals surface area contributed by atoms with Crippen LogP contribution in [0.3, 0.4) is 0 Å². The number of hydrogen-bond donors (Lipinski definition) is 2. The maximum atomic E-state index is 12.4. The van der Waals surface area contributed by atoms with E-state index in [1.807, 2.05) is 6.07 Å². The summed E-state index contributed by atoms with van der Waals surface area (Å²) < 4.78 is 0. The Morgan fingerprint density at radius 1 is 1.41 bits per heavy atom. The maximum absolute atomic E-state index is 12.4. The van der Waals surface area contributed by atoms with Crippen LogP contribution in [0.4, 0.5) is 5.95 Å². The molecule has 0 atom stereocenters. The molecule has 3 rings (SSSR count). The van der Waals surface area contributed by atoms with Crippen LogP contribution in [0.15, 0.2) is 40.0 Å². The highest BCUT2D eigenvalue weighted by Gasteiger charge is 2.32. The number of rotatable bonds is 3. The quantitative estimate of drug-likeness (QED) is 0.663. The summed E-state index contributed by atoms with van der Waals surface area (Å²) in [7, 11) is 0. The van der Waals surface area contributed by atoms with Gasteiger partial charge in [0.2, 0.25) is 11.1 Å². The largest absolute Gasteiger partial charge is 0.506 e. The molecule has 0 unspecified atom stereocenters. The predicted molar refractivity (Wildman–Crippen MR) is 81.2 cm³/mol. The minimum atomic E-state index is -0.432. The van der Waals surface area contributed by atoms with E-state index in [1.54, 1.807) is 30.5 Å². The number of H-pyrrole nitrogens is 1.